The summed E-state index contributed by atoms with van der Waals surface area (Å²) in [5.74, 6) is -0.680. The van der Waals surface area contributed by atoms with E-state index in [1.165, 1.54) is 18.2 Å². The number of hydrogen-bond acceptors (Lipinski definition) is 4. The highest BCUT2D eigenvalue weighted by Crippen LogP contribution is 2.22. The van der Waals surface area contributed by atoms with Crippen LogP contribution in [0.5, 0.6) is 5.75 Å². The van der Waals surface area contributed by atoms with Gasteiger partial charge >= 0.3 is 5.97 Å². The zero-order valence-corrected chi connectivity index (χ0v) is 11.8. The molecule has 1 aromatic carbocycles. The number of rotatable bonds is 6. The van der Waals surface area contributed by atoms with Crippen molar-refractivity contribution in [3.63, 3.8) is 0 Å². The molecule has 0 fully saturated rings. The summed E-state index contributed by atoms with van der Waals surface area (Å²) in [6.45, 7) is 5.77. The number of ether oxygens (including phenoxy) is 1. The van der Waals surface area contributed by atoms with Crippen LogP contribution < -0.4 is 15.8 Å². The van der Waals surface area contributed by atoms with E-state index in [2.05, 4.69) is 5.32 Å². The second-order valence-electron chi connectivity index (χ2n) is 4.95. The van der Waals surface area contributed by atoms with E-state index in [9.17, 15) is 9.59 Å². The van der Waals surface area contributed by atoms with Crippen LogP contribution in [-0.2, 0) is 4.79 Å². The maximum absolute atomic E-state index is 11.6. The van der Waals surface area contributed by atoms with Crippen LogP contribution in [0.1, 0.15) is 31.1 Å². The van der Waals surface area contributed by atoms with Gasteiger partial charge in [-0.2, -0.15) is 0 Å². The molecule has 0 aliphatic carbocycles. The van der Waals surface area contributed by atoms with Gasteiger partial charge in [0.15, 0.2) is 6.61 Å². The lowest BCUT2D eigenvalue weighted by Crippen LogP contribution is -2.39. The Bertz CT molecular complexity index is 500. The van der Waals surface area contributed by atoms with Crippen LogP contribution in [0, 0.1) is 5.92 Å². The number of carboxylic acids is 1. The zero-order valence-electron chi connectivity index (χ0n) is 11.8. The molecule has 1 unspecified atom stereocenters. The number of nitrogen functional groups attached to an aromatic ring is 1. The van der Waals surface area contributed by atoms with Gasteiger partial charge in [0.1, 0.15) is 5.75 Å². The van der Waals surface area contributed by atoms with Crippen molar-refractivity contribution in [1.29, 1.82) is 0 Å². The molecule has 1 atom stereocenters. The van der Waals surface area contributed by atoms with Crippen LogP contribution in [0.15, 0.2) is 18.2 Å². The average Bonchev–Trinajstić information content (AvgIpc) is 2.36. The van der Waals surface area contributed by atoms with Gasteiger partial charge in [-0.1, -0.05) is 13.8 Å². The molecule has 0 aliphatic rings. The van der Waals surface area contributed by atoms with E-state index in [0.29, 0.717) is 11.7 Å². The third-order valence-corrected chi connectivity index (χ3v) is 3.00. The lowest BCUT2D eigenvalue weighted by Gasteiger charge is -2.17. The maximum Gasteiger partial charge on any atom is 0.335 e. The molecule has 0 spiro atoms. The Kier molecular flexibility index (Phi) is 5.37. The largest absolute Gasteiger partial charge is 0.482 e. The number of nitrogens with two attached hydrogens (primary N) is 1. The fourth-order valence-electron chi connectivity index (χ4n) is 1.42. The molecule has 6 heteroatoms. The van der Waals surface area contributed by atoms with Gasteiger partial charge in [0, 0.05) is 6.04 Å². The summed E-state index contributed by atoms with van der Waals surface area (Å²) >= 11 is 0. The van der Waals surface area contributed by atoms with Crippen molar-refractivity contribution < 1.29 is 19.4 Å². The quantitative estimate of drug-likeness (QED) is 0.685. The minimum atomic E-state index is -1.06. The van der Waals surface area contributed by atoms with Crippen LogP contribution in [0.4, 0.5) is 5.69 Å². The first-order valence-electron chi connectivity index (χ1n) is 6.36. The minimum Gasteiger partial charge on any atom is -0.482 e. The van der Waals surface area contributed by atoms with Crippen molar-refractivity contribution in [2.75, 3.05) is 12.3 Å². The number of carbonyl (C=O) groups excluding carboxylic acids is 1. The predicted molar refractivity (Wildman–Crippen MR) is 75.8 cm³/mol. The van der Waals surface area contributed by atoms with Crippen molar-refractivity contribution in [3.05, 3.63) is 23.8 Å². The van der Waals surface area contributed by atoms with Crippen molar-refractivity contribution >= 4 is 17.6 Å². The Morgan fingerprint density at radius 3 is 2.50 bits per heavy atom. The van der Waals surface area contributed by atoms with Crippen molar-refractivity contribution in [2.45, 2.75) is 26.8 Å². The fraction of sp³-hybridized carbons (Fsp3) is 0.429. The summed E-state index contributed by atoms with van der Waals surface area (Å²) in [5.41, 5.74) is 5.94. The summed E-state index contributed by atoms with van der Waals surface area (Å²) in [5, 5.41) is 11.6. The van der Waals surface area contributed by atoms with E-state index in [1.54, 1.807) is 0 Å². The first kappa shape index (κ1) is 15.8. The molecule has 0 aliphatic heterocycles. The summed E-state index contributed by atoms with van der Waals surface area (Å²) in [4.78, 5) is 22.4. The number of hydrogen-bond donors (Lipinski definition) is 3. The second kappa shape index (κ2) is 6.79. The molecule has 1 rings (SSSR count). The van der Waals surface area contributed by atoms with E-state index in [0.717, 1.165) is 0 Å². The molecule has 1 aromatic rings. The molecule has 0 bridgehead atoms. The zero-order chi connectivity index (χ0) is 15.3. The molecule has 0 heterocycles. The van der Waals surface area contributed by atoms with Gasteiger partial charge < -0.3 is 20.9 Å². The molecular formula is C14H20N2O4. The number of carbonyl (C=O) groups is 2. The van der Waals surface area contributed by atoms with E-state index in [1.807, 2.05) is 20.8 Å². The first-order chi connectivity index (χ1) is 9.31. The van der Waals surface area contributed by atoms with Gasteiger partial charge in [0.2, 0.25) is 0 Å². The molecule has 0 saturated carbocycles. The highest BCUT2D eigenvalue weighted by molar-refractivity contribution is 5.89. The molecule has 0 saturated heterocycles. The van der Waals surface area contributed by atoms with Gasteiger partial charge in [-0.3, -0.25) is 4.79 Å². The van der Waals surface area contributed by atoms with Gasteiger partial charge in [0.25, 0.3) is 5.91 Å². The lowest BCUT2D eigenvalue weighted by atomic mass is 10.1. The SMILES string of the molecule is CC(C)C(C)NC(=O)COc1ccc(C(=O)O)cc1N. The van der Waals surface area contributed by atoms with Gasteiger partial charge in [-0.25, -0.2) is 4.79 Å². The first-order valence-corrected chi connectivity index (χ1v) is 6.36. The molecule has 0 radical (unpaired) electrons. The molecule has 1 amide bonds. The highest BCUT2D eigenvalue weighted by Gasteiger charge is 2.12. The van der Waals surface area contributed by atoms with E-state index < -0.39 is 5.97 Å². The Morgan fingerprint density at radius 2 is 2.00 bits per heavy atom. The predicted octanol–water partition coefficient (Wildman–Crippen LogP) is 1.51. The fourth-order valence-corrected chi connectivity index (χ4v) is 1.42. The lowest BCUT2D eigenvalue weighted by molar-refractivity contribution is -0.123. The number of aromatic carboxylic acids is 1. The van der Waals surface area contributed by atoms with Crippen molar-refractivity contribution in [2.24, 2.45) is 5.92 Å². The van der Waals surface area contributed by atoms with Crippen LogP contribution in [0.3, 0.4) is 0 Å². The smallest absolute Gasteiger partial charge is 0.335 e. The number of anilines is 1. The molecular weight excluding hydrogens is 260 g/mol. The standard InChI is InChI=1S/C14H20N2O4/c1-8(2)9(3)16-13(17)7-20-12-5-4-10(14(18)19)6-11(12)15/h4-6,8-9H,7,15H2,1-3H3,(H,16,17)(H,18,19). The molecule has 6 nitrogen and oxygen atoms in total. The van der Waals surface area contributed by atoms with Crippen molar-refractivity contribution in [3.8, 4) is 5.75 Å². The van der Waals surface area contributed by atoms with Crippen molar-refractivity contribution in [1.82, 2.24) is 5.32 Å². The van der Waals surface area contributed by atoms with E-state index in [-0.39, 0.29) is 29.8 Å². The summed E-state index contributed by atoms with van der Waals surface area (Å²) in [6, 6.07) is 4.17. The number of amides is 1. The Balaban J connectivity index is 2.58. The highest BCUT2D eigenvalue weighted by atomic mass is 16.5. The maximum atomic E-state index is 11.6. The van der Waals surface area contributed by atoms with E-state index >= 15 is 0 Å². The molecule has 110 valence electrons. The summed E-state index contributed by atoms with van der Waals surface area (Å²) < 4.78 is 5.28. The van der Waals surface area contributed by atoms with Gasteiger partial charge in [-0.05, 0) is 31.0 Å². The summed E-state index contributed by atoms with van der Waals surface area (Å²) in [7, 11) is 0. The Hall–Kier alpha value is -2.24. The third kappa shape index (κ3) is 4.46. The van der Waals surface area contributed by atoms with E-state index in [4.69, 9.17) is 15.6 Å². The van der Waals surface area contributed by atoms with Gasteiger partial charge in [-0.15, -0.1) is 0 Å². The number of carboxylic acid groups (broad SMARTS) is 1. The van der Waals surface area contributed by atoms with Crippen LogP contribution in [0.2, 0.25) is 0 Å². The number of benzene rings is 1. The Morgan fingerprint density at radius 1 is 1.35 bits per heavy atom. The molecule has 4 N–H and O–H groups in total. The molecule has 20 heavy (non-hydrogen) atoms. The van der Waals surface area contributed by atoms with Gasteiger partial charge in [0.05, 0.1) is 11.3 Å². The monoisotopic (exact) mass is 280 g/mol. The number of nitrogens with one attached hydrogen (secondary N) is 1. The summed E-state index contributed by atoms with van der Waals surface area (Å²) in [6.07, 6.45) is 0. The van der Waals surface area contributed by atoms with Crippen LogP contribution >= 0.6 is 0 Å². The van der Waals surface area contributed by atoms with Crippen LogP contribution in [0.25, 0.3) is 0 Å². The minimum absolute atomic E-state index is 0.0535. The topological polar surface area (TPSA) is 102 Å². The van der Waals surface area contributed by atoms with Crippen LogP contribution in [-0.4, -0.2) is 29.6 Å². The second-order valence-corrected chi connectivity index (χ2v) is 4.95. The molecule has 0 aromatic heterocycles. The average molecular weight is 280 g/mol. The normalized spacial score (nSPS) is 12.0. The Labute approximate surface area is 117 Å². The third-order valence-electron chi connectivity index (χ3n) is 3.00.